The van der Waals surface area contributed by atoms with Crippen LogP contribution in [-0.2, 0) is 18.2 Å². The summed E-state index contributed by atoms with van der Waals surface area (Å²) in [5, 5.41) is 4.15. The molecule has 1 aromatic heterocycles. The lowest BCUT2D eigenvalue weighted by Crippen LogP contribution is -2.44. The number of rotatable bonds is 5. The van der Waals surface area contributed by atoms with E-state index in [2.05, 4.69) is 25.9 Å². The molecule has 17 heavy (non-hydrogen) atoms. The minimum Gasteiger partial charge on any atom is -0.379 e. The first-order valence-electron chi connectivity index (χ1n) is 6.10. The van der Waals surface area contributed by atoms with Gasteiger partial charge in [0.1, 0.15) is 0 Å². The van der Waals surface area contributed by atoms with E-state index in [1.807, 2.05) is 24.1 Å². The minimum absolute atomic E-state index is 0.0557. The maximum atomic E-state index is 6.22. The molecule has 98 valence electrons. The number of hydrogen-bond acceptors (Lipinski definition) is 3. The number of aromatic nitrogens is 2. The highest BCUT2D eigenvalue weighted by Crippen LogP contribution is 2.25. The van der Waals surface area contributed by atoms with E-state index >= 15 is 0 Å². The van der Waals surface area contributed by atoms with Crippen LogP contribution in [0.15, 0.2) is 12.4 Å². The lowest BCUT2D eigenvalue weighted by Gasteiger charge is -2.34. The monoisotopic (exact) mass is 239 g/mol. The van der Waals surface area contributed by atoms with Crippen molar-refractivity contribution < 1.29 is 4.74 Å². The normalized spacial score (nSPS) is 15.9. The molecule has 0 amide bonds. The molecule has 1 heterocycles. The summed E-state index contributed by atoms with van der Waals surface area (Å²) < 4.78 is 7.34. The second kappa shape index (κ2) is 5.65. The molecule has 2 unspecified atom stereocenters. The Hall–Kier alpha value is -0.870. The van der Waals surface area contributed by atoms with Gasteiger partial charge in [-0.3, -0.25) is 4.68 Å². The zero-order chi connectivity index (χ0) is 13.1. The van der Waals surface area contributed by atoms with Crippen LogP contribution in [0.4, 0.5) is 0 Å². The van der Waals surface area contributed by atoms with Gasteiger partial charge in [0, 0.05) is 26.4 Å². The van der Waals surface area contributed by atoms with Crippen molar-refractivity contribution in [2.24, 2.45) is 18.2 Å². The van der Waals surface area contributed by atoms with Crippen LogP contribution in [0.25, 0.3) is 0 Å². The number of nitrogens with two attached hydrogens (primary N) is 1. The van der Waals surface area contributed by atoms with Crippen molar-refractivity contribution >= 4 is 0 Å². The van der Waals surface area contributed by atoms with Crippen molar-refractivity contribution in [3.63, 3.8) is 0 Å². The second-order valence-electron chi connectivity index (χ2n) is 5.75. The van der Waals surface area contributed by atoms with Gasteiger partial charge in [0.2, 0.25) is 0 Å². The molecule has 0 aliphatic heterocycles. The molecule has 0 bridgehead atoms. The number of methoxy groups -OCH3 is 1. The Morgan fingerprint density at radius 3 is 2.53 bits per heavy atom. The fourth-order valence-electron chi connectivity index (χ4n) is 2.26. The van der Waals surface area contributed by atoms with Gasteiger partial charge in [0.05, 0.1) is 12.3 Å². The third kappa shape index (κ3) is 4.13. The molecule has 0 saturated carbocycles. The van der Waals surface area contributed by atoms with Crippen LogP contribution in [0, 0.1) is 5.41 Å². The first kappa shape index (κ1) is 14.2. The molecule has 4 heteroatoms. The zero-order valence-corrected chi connectivity index (χ0v) is 11.6. The van der Waals surface area contributed by atoms with Crippen molar-refractivity contribution in [2.75, 3.05) is 7.11 Å². The van der Waals surface area contributed by atoms with E-state index in [0.717, 1.165) is 12.8 Å². The van der Waals surface area contributed by atoms with Crippen LogP contribution in [0.2, 0.25) is 0 Å². The molecule has 2 N–H and O–H groups in total. The quantitative estimate of drug-likeness (QED) is 0.851. The third-order valence-electron chi connectivity index (χ3n) is 3.02. The van der Waals surface area contributed by atoms with Gasteiger partial charge < -0.3 is 10.5 Å². The van der Waals surface area contributed by atoms with Crippen LogP contribution in [0.5, 0.6) is 0 Å². The summed E-state index contributed by atoms with van der Waals surface area (Å²) in [4.78, 5) is 0. The fourth-order valence-corrected chi connectivity index (χ4v) is 2.26. The van der Waals surface area contributed by atoms with Crippen LogP contribution >= 0.6 is 0 Å². The highest BCUT2D eigenvalue weighted by molar-refractivity contribution is 5.04. The summed E-state index contributed by atoms with van der Waals surface area (Å²) in [6, 6.07) is 0.0557. The SMILES string of the molecule is COC(C(N)CCc1cnn(C)c1)C(C)(C)C. The molecule has 0 radical (unpaired) electrons. The van der Waals surface area contributed by atoms with Crippen LogP contribution < -0.4 is 5.73 Å². The average Bonchev–Trinajstić information content (AvgIpc) is 2.60. The predicted molar refractivity (Wildman–Crippen MR) is 69.8 cm³/mol. The number of ether oxygens (including phenoxy) is 1. The van der Waals surface area contributed by atoms with Crippen LogP contribution in [-0.4, -0.2) is 29.0 Å². The molecule has 4 nitrogen and oxygen atoms in total. The molecular formula is C13H25N3O. The van der Waals surface area contributed by atoms with Gasteiger partial charge in [-0.15, -0.1) is 0 Å². The van der Waals surface area contributed by atoms with Gasteiger partial charge in [-0.05, 0) is 23.8 Å². The summed E-state index contributed by atoms with van der Waals surface area (Å²) >= 11 is 0. The number of hydrogen-bond donors (Lipinski definition) is 1. The molecule has 0 aliphatic rings. The Kier molecular flexibility index (Phi) is 4.71. The van der Waals surface area contributed by atoms with Gasteiger partial charge in [-0.1, -0.05) is 20.8 Å². The van der Waals surface area contributed by atoms with E-state index in [-0.39, 0.29) is 17.6 Å². The van der Waals surface area contributed by atoms with Gasteiger partial charge in [0.15, 0.2) is 0 Å². The van der Waals surface area contributed by atoms with Gasteiger partial charge in [-0.25, -0.2) is 0 Å². The van der Waals surface area contributed by atoms with E-state index in [9.17, 15) is 0 Å². The summed E-state index contributed by atoms with van der Waals surface area (Å²) in [6.45, 7) is 6.47. The zero-order valence-electron chi connectivity index (χ0n) is 11.6. The Labute approximate surface area is 104 Å². The first-order valence-corrected chi connectivity index (χ1v) is 6.10. The van der Waals surface area contributed by atoms with E-state index in [1.54, 1.807) is 7.11 Å². The molecule has 0 aromatic carbocycles. The Morgan fingerprint density at radius 1 is 1.47 bits per heavy atom. The van der Waals surface area contributed by atoms with Gasteiger partial charge >= 0.3 is 0 Å². The summed E-state index contributed by atoms with van der Waals surface area (Å²) in [6.07, 6.45) is 5.88. The highest BCUT2D eigenvalue weighted by atomic mass is 16.5. The fraction of sp³-hybridized carbons (Fsp3) is 0.769. The van der Waals surface area contributed by atoms with Crippen molar-refractivity contribution in [2.45, 2.75) is 45.8 Å². The molecule has 0 fully saturated rings. The maximum absolute atomic E-state index is 6.22. The predicted octanol–water partition coefficient (Wildman–Crippen LogP) is 1.74. The maximum Gasteiger partial charge on any atom is 0.0770 e. The highest BCUT2D eigenvalue weighted by Gasteiger charge is 2.29. The molecule has 0 aliphatic carbocycles. The van der Waals surface area contributed by atoms with Crippen molar-refractivity contribution in [1.29, 1.82) is 0 Å². The Morgan fingerprint density at radius 2 is 2.12 bits per heavy atom. The van der Waals surface area contributed by atoms with E-state index in [0.29, 0.717) is 0 Å². The van der Waals surface area contributed by atoms with Gasteiger partial charge in [-0.2, -0.15) is 5.10 Å². The third-order valence-corrected chi connectivity index (χ3v) is 3.02. The minimum atomic E-state index is 0.0557. The first-order chi connectivity index (χ1) is 7.84. The van der Waals surface area contributed by atoms with E-state index in [1.165, 1.54) is 5.56 Å². The molecule has 2 atom stereocenters. The Bertz CT molecular complexity index is 341. The van der Waals surface area contributed by atoms with Crippen molar-refractivity contribution in [3.05, 3.63) is 18.0 Å². The average molecular weight is 239 g/mol. The standard InChI is InChI=1S/C13H25N3O/c1-13(2,3)12(17-5)11(14)7-6-10-8-15-16(4)9-10/h8-9,11-12H,6-7,14H2,1-5H3. The summed E-state index contributed by atoms with van der Waals surface area (Å²) in [5.74, 6) is 0. The molecule has 1 rings (SSSR count). The molecule has 0 saturated heterocycles. The lowest BCUT2D eigenvalue weighted by molar-refractivity contribution is -0.00348. The number of nitrogens with zero attached hydrogens (tertiary/aromatic N) is 2. The summed E-state index contributed by atoms with van der Waals surface area (Å²) in [5.41, 5.74) is 7.52. The van der Waals surface area contributed by atoms with Crippen LogP contribution in [0.1, 0.15) is 32.8 Å². The van der Waals surface area contributed by atoms with E-state index < -0.39 is 0 Å². The summed E-state index contributed by atoms with van der Waals surface area (Å²) in [7, 11) is 3.66. The Balaban J connectivity index is 2.51. The molecule has 1 aromatic rings. The van der Waals surface area contributed by atoms with Crippen molar-refractivity contribution in [3.8, 4) is 0 Å². The van der Waals surface area contributed by atoms with E-state index in [4.69, 9.17) is 10.5 Å². The topological polar surface area (TPSA) is 53.1 Å². The largest absolute Gasteiger partial charge is 0.379 e. The van der Waals surface area contributed by atoms with Crippen LogP contribution in [0.3, 0.4) is 0 Å². The number of aryl methyl sites for hydroxylation is 2. The second-order valence-corrected chi connectivity index (χ2v) is 5.75. The lowest BCUT2D eigenvalue weighted by atomic mass is 9.83. The van der Waals surface area contributed by atoms with Crippen molar-refractivity contribution in [1.82, 2.24) is 9.78 Å². The smallest absolute Gasteiger partial charge is 0.0770 e. The molecule has 0 spiro atoms. The molecular weight excluding hydrogens is 214 g/mol. The van der Waals surface area contributed by atoms with Gasteiger partial charge in [0.25, 0.3) is 0 Å².